The molecule has 3 unspecified atom stereocenters. The van der Waals surface area contributed by atoms with Gasteiger partial charge >= 0.3 is 5.97 Å². The molecule has 6 heteroatoms. The van der Waals surface area contributed by atoms with Crippen LogP contribution in [0.5, 0.6) is 0 Å². The minimum atomic E-state index is -0.796. The predicted molar refractivity (Wildman–Crippen MR) is 264 cm³/mol. The summed E-state index contributed by atoms with van der Waals surface area (Å²) in [5.41, 5.74) is 0. The third-order valence-corrected chi connectivity index (χ3v) is 11.5. The number of allylic oxidation sites excluding steroid dienone is 12. The maximum Gasteiger partial charge on any atom is 0.306 e. The average Bonchev–Trinajstić information content (AvgIpc) is 3.25. The molecule has 0 bridgehead atoms. The zero-order valence-corrected chi connectivity index (χ0v) is 40.0. The maximum atomic E-state index is 13.2. The van der Waals surface area contributed by atoms with Crippen LogP contribution in [0.4, 0.5) is 0 Å². The minimum absolute atomic E-state index is 0.0586. The molecule has 0 fully saturated rings. The first kappa shape index (κ1) is 58.3. The van der Waals surface area contributed by atoms with E-state index in [4.69, 9.17) is 4.74 Å². The first-order valence-electron chi connectivity index (χ1n) is 25.7. The van der Waals surface area contributed by atoms with Gasteiger partial charge in [0, 0.05) is 6.42 Å². The minimum Gasteiger partial charge on any atom is -0.462 e. The molecule has 0 rings (SSSR count). The van der Waals surface area contributed by atoms with Crippen LogP contribution in [0.25, 0.3) is 0 Å². The van der Waals surface area contributed by atoms with Crippen LogP contribution in [-0.4, -0.2) is 46.9 Å². The smallest absolute Gasteiger partial charge is 0.306 e. The Morgan fingerprint density at radius 3 is 1.33 bits per heavy atom. The van der Waals surface area contributed by atoms with E-state index >= 15 is 0 Å². The van der Waals surface area contributed by atoms with Crippen LogP contribution in [0.15, 0.2) is 72.9 Å². The SMILES string of the molecule is CC\C=C/C=C/C=C/C=C\C=C\C=C\CCCCCC(=O)OC(CCCCCCCCCCCCC)CC(=O)NC(CO)C(O)CCCCCCCCCCCCCCCC. The van der Waals surface area contributed by atoms with Crippen molar-refractivity contribution in [3.8, 4) is 0 Å². The first-order valence-corrected chi connectivity index (χ1v) is 25.7. The Morgan fingerprint density at radius 1 is 0.492 bits per heavy atom. The Labute approximate surface area is 377 Å². The van der Waals surface area contributed by atoms with E-state index in [1.54, 1.807) is 0 Å². The fourth-order valence-electron chi connectivity index (χ4n) is 7.58. The van der Waals surface area contributed by atoms with Gasteiger partial charge in [-0.25, -0.2) is 0 Å². The fourth-order valence-corrected chi connectivity index (χ4v) is 7.58. The van der Waals surface area contributed by atoms with Crippen LogP contribution in [-0.2, 0) is 14.3 Å². The van der Waals surface area contributed by atoms with Crippen LogP contribution < -0.4 is 5.32 Å². The van der Waals surface area contributed by atoms with Crippen molar-refractivity contribution in [1.82, 2.24) is 5.32 Å². The normalized spacial score (nSPS) is 13.9. The molecule has 0 aliphatic rings. The summed E-state index contributed by atoms with van der Waals surface area (Å²) in [6.45, 7) is 6.33. The van der Waals surface area contributed by atoms with Crippen LogP contribution in [0.1, 0.15) is 239 Å². The van der Waals surface area contributed by atoms with Gasteiger partial charge in [0.15, 0.2) is 0 Å². The second-order valence-corrected chi connectivity index (χ2v) is 17.4. The Kier molecular flexibility index (Phi) is 46.2. The first-order chi connectivity index (χ1) is 30.0. The lowest BCUT2D eigenvalue weighted by atomic mass is 10.0. The molecule has 6 nitrogen and oxygen atoms in total. The van der Waals surface area contributed by atoms with E-state index in [9.17, 15) is 19.8 Å². The number of ether oxygens (including phenoxy) is 1. The summed E-state index contributed by atoms with van der Waals surface area (Å²) in [5, 5.41) is 23.8. The molecule has 0 radical (unpaired) electrons. The molecule has 61 heavy (non-hydrogen) atoms. The molecule has 0 aliphatic carbocycles. The lowest BCUT2D eigenvalue weighted by Crippen LogP contribution is -2.46. The zero-order chi connectivity index (χ0) is 44.5. The predicted octanol–water partition coefficient (Wildman–Crippen LogP) is 15.4. The second kappa shape index (κ2) is 48.3. The Bertz CT molecular complexity index is 1140. The summed E-state index contributed by atoms with van der Waals surface area (Å²) in [6.07, 6.45) is 61.0. The standard InChI is InChI=1S/C55H97NO5/c1-4-7-10-13-16-19-22-24-26-27-28-30-33-36-39-42-45-48-55(60)61-51(46-43-40-37-34-31-21-18-15-12-9-6-3)49-54(59)56-52(50-57)53(58)47-44-41-38-35-32-29-25-23-20-17-14-11-8-5-2/h7,10,13,16,19,22,24,26-28,30,33,51-53,57-58H,4-6,8-9,11-12,14-15,17-18,20-21,23,25,29,31-32,34-50H2,1-3H3,(H,56,59)/b10-7-,16-13+,22-19+,26-24-,28-27+,33-30+. The van der Waals surface area contributed by atoms with Gasteiger partial charge in [-0.3, -0.25) is 9.59 Å². The summed E-state index contributed by atoms with van der Waals surface area (Å²) in [6, 6.07) is -0.712. The van der Waals surface area contributed by atoms with Crippen molar-refractivity contribution in [3.05, 3.63) is 72.9 Å². The Balaban J connectivity index is 4.62. The number of carbonyl (C=O) groups excluding carboxylic acids is 2. The highest BCUT2D eigenvalue weighted by Crippen LogP contribution is 2.18. The van der Waals surface area contributed by atoms with Crippen LogP contribution >= 0.6 is 0 Å². The summed E-state index contributed by atoms with van der Waals surface area (Å²) in [7, 11) is 0. The van der Waals surface area contributed by atoms with Gasteiger partial charge in [-0.15, -0.1) is 0 Å². The number of aliphatic hydroxyl groups excluding tert-OH is 2. The number of hydrogen-bond acceptors (Lipinski definition) is 5. The molecule has 0 aromatic rings. The molecule has 0 aromatic carbocycles. The molecule has 0 saturated heterocycles. The van der Waals surface area contributed by atoms with Gasteiger partial charge in [-0.05, 0) is 44.9 Å². The van der Waals surface area contributed by atoms with Crippen molar-refractivity contribution < 1.29 is 24.5 Å². The third kappa shape index (κ3) is 43.7. The fraction of sp³-hybridized carbons (Fsp3) is 0.745. The highest BCUT2D eigenvalue weighted by Gasteiger charge is 2.24. The van der Waals surface area contributed by atoms with E-state index in [0.29, 0.717) is 19.3 Å². The van der Waals surface area contributed by atoms with Gasteiger partial charge in [0.2, 0.25) is 5.91 Å². The van der Waals surface area contributed by atoms with Crippen molar-refractivity contribution in [2.75, 3.05) is 6.61 Å². The Hall–Kier alpha value is -2.70. The molecule has 352 valence electrons. The highest BCUT2D eigenvalue weighted by atomic mass is 16.5. The molecule has 0 spiro atoms. The van der Waals surface area contributed by atoms with E-state index in [1.165, 1.54) is 122 Å². The van der Waals surface area contributed by atoms with Gasteiger partial charge < -0.3 is 20.3 Å². The van der Waals surface area contributed by atoms with E-state index < -0.39 is 18.2 Å². The molecule has 3 N–H and O–H groups in total. The third-order valence-electron chi connectivity index (χ3n) is 11.5. The number of hydrogen-bond donors (Lipinski definition) is 3. The molecule has 0 aliphatic heterocycles. The summed E-state index contributed by atoms with van der Waals surface area (Å²) in [5.74, 6) is -0.523. The lowest BCUT2D eigenvalue weighted by molar-refractivity contribution is -0.151. The van der Waals surface area contributed by atoms with Crippen molar-refractivity contribution in [2.45, 2.75) is 257 Å². The number of aliphatic hydroxyl groups is 2. The van der Waals surface area contributed by atoms with Crippen LogP contribution in [0.2, 0.25) is 0 Å². The zero-order valence-electron chi connectivity index (χ0n) is 40.0. The molecule has 0 saturated carbocycles. The van der Waals surface area contributed by atoms with E-state index in [-0.39, 0.29) is 24.9 Å². The molecular formula is C55H97NO5. The summed E-state index contributed by atoms with van der Waals surface area (Å²) >= 11 is 0. The van der Waals surface area contributed by atoms with Crippen LogP contribution in [0.3, 0.4) is 0 Å². The lowest BCUT2D eigenvalue weighted by Gasteiger charge is -2.24. The van der Waals surface area contributed by atoms with Gasteiger partial charge in [-0.2, -0.15) is 0 Å². The number of unbranched alkanes of at least 4 members (excludes halogenated alkanes) is 26. The van der Waals surface area contributed by atoms with E-state index in [1.807, 2.05) is 48.6 Å². The number of esters is 1. The van der Waals surface area contributed by atoms with E-state index in [2.05, 4.69) is 50.4 Å². The monoisotopic (exact) mass is 852 g/mol. The summed E-state index contributed by atoms with van der Waals surface area (Å²) in [4.78, 5) is 26.1. The average molecular weight is 852 g/mol. The number of amides is 1. The Morgan fingerprint density at radius 2 is 0.885 bits per heavy atom. The van der Waals surface area contributed by atoms with Crippen molar-refractivity contribution >= 4 is 11.9 Å². The molecule has 1 amide bonds. The number of rotatable bonds is 45. The van der Waals surface area contributed by atoms with Gasteiger partial charge in [-0.1, -0.05) is 254 Å². The highest BCUT2D eigenvalue weighted by molar-refractivity contribution is 5.77. The van der Waals surface area contributed by atoms with Gasteiger partial charge in [0.25, 0.3) is 0 Å². The second-order valence-electron chi connectivity index (χ2n) is 17.4. The largest absolute Gasteiger partial charge is 0.462 e. The van der Waals surface area contributed by atoms with Crippen LogP contribution in [0, 0.1) is 0 Å². The van der Waals surface area contributed by atoms with E-state index in [0.717, 1.165) is 70.6 Å². The molecular weight excluding hydrogens is 755 g/mol. The van der Waals surface area contributed by atoms with Crippen molar-refractivity contribution in [2.24, 2.45) is 0 Å². The quantitative estimate of drug-likeness (QED) is 0.0322. The number of nitrogens with one attached hydrogen (secondary N) is 1. The molecule has 0 heterocycles. The molecule has 0 aromatic heterocycles. The van der Waals surface area contributed by atoms with Gasteiger partial charge in [0.05, 0.1) is 25.2 Å². The topological polar surface area (TPSA) is 95.9 Å². The number of carbonyl (C=O) groups is 2. The van der Waals surface area contributed by atoms with Crippen molar-refractivity contribution in [3.63, 3.8) is 0 Å². The molecule has 3 atom stereocenters. The van der Waals surface area contributed by atoms with Gasteiger partial charge in [0.1, 0.15) is 6.10 Å². The van der Waals surface area contributed by atoms with Crippen molar-refractivity contribution in [1.29, 1.82) is 0 Å². The summed E-state index contributed by atoms with van der Waals surface area (Å²) < 4.78 is 5.91. The maximum absolute atomic E-state index is 13.2.